The van der Waals surface area contributed by atoms with Crippen LogP contribution in [0.5, 0.6) is 0 Å². The summed E-state index contributed by atoms with van der Waals surface area (Å²) in [6.45, 7) is 0.628. The average molecular weight is 258 g/mol. The molecule has 1 unspecified atom stereocenters. The first-order chi connectivity index (χ1) is 9.22. The van der Waals surface area contributed by atoms with Crippen LogP contribution in [0.1, 0.15) is 40.7 Å². The highest BCUT2D eigenvalue weighted by molar-refractivity contribution is 5.86. The predicted molar refractivity (Wildman–Crippen MR) is 62.6 cm³/mol. The number of nitriles is 1. The van der Waals surface area contributed by atoms with E-state index < -0.39 is 5.97 Å². The number of hydrogen-bond donors (Lipinski definition) is 1. The third-order valence-electron chi connectivity index (χ3n) is 3.11. The van der Waals surface area contributed by atoms with Gasteiger partial charge in [0.05, 0.1) is 0 Å². The maximum Gasteiger partial charge on any atom is 0.354 e. The van der Waals surface area contributed by atoms with Gasteiger partial charge in [0.2, 0.25) is 0 Å². The predicted octanol–water partition coefficient (Wildman–Crippen LogP) is 1.15. The summed E-state index contributed by atoms with van der Waals surface area (Å²) < 4.78 is 6.70. The standard InChI is InChI=1S/C12H10N4O3/c13-6-7-10(9-2-1-5-19-9)15-16-8(12(17)18)3-4-14-11(7)16/h3-4,9H,1-2,5H2,(H,17,18). The summed E-state index contributed by atoms with van der Waals surface area (Å²) in [7, 11) is 0. The van der Waals surface area contributed by atoms with Crippen molar-refractivity contribution in [3.8, 4) is 6.07 Å². The molecule has 1 saturated heterocycles. The second-order valence-corrected chi connectivity index (χ2v) is 4.24. The Bertz CT molecular complexity index is 695. The van der Waals surface area contributed by atoms with Crippen molar-refractivity contribution in [1.29, 1.82) is 5.26 Å². The molecule has 96 valence electrons. The molecule has 1 fully saturated rings. The van der Waals surface area contributed by atoms with Crippen molar-refractivity contribution in [3.05, 3.63) is 29.2 Å². The number of carbonyl (C=O) groups is 1. The van der Waals surface area contributed by atoms with Crippen LogP contribution in [0.25, 0.3) is 5.65 Å². The summed E-state index contributed by atoms with van der Waals surface area (Å²) in [4.78, 5) is 15.2. The van der Waals surface area contributed by atoms with E-state index in [9.17, 15) is 10.1 Å². The number of aromatic nitrogens is 3. The number of hydrogen-bond acceptors (Lipinski definition) is 5. The monoisotopic (exact) mass is 258 g/mol. The van der Waals surface area contributed by atoms with Crippen molar-refractivity contribution < 1.29 is 14.6 Å². The van der Waals surface area contributed by atoms with Gasteiger partial charge < -0.3 is 9.84 Å². The van der Waals surface area contributed by atoms with Crippen molar-refractivity contribution >= 4 is 11.6 Å². The second-order valence-electron chi connectivity index (χ2n) is 4.24. The van der Waals surface area contributed by atoms with Crippen molar-refractivity contribution in [2.24, 2.45) is 0 Å². The molecule has 2 aromatic rings. The lowest BCUT2D eigenvalue weighted by molar-refractivity contribution is 0.0686. The Morgan fingerprint density at radius 3 is 3.11 bits per heavy atom. The summed E-state index contributed by atoms with van der Waals surface area (Å²) in [5.74, 6) is -1.11. The van der Waals surface area contributed by atoms with Gasteiger partial charge in [-0.15, -0.1) is 0 Å². The zero-order valence-electron chi connectivity index (χ0n) is 9.91. The normalized spacial score (nSPS) is 18.6. The minimum Gasteiger partial charge on any atom is -0.477 e. The Labute approximate surface area is 108 Å². The molecular formula is C12H10N4O3. The zero-order chi connectivity index (χ0) is 13.4. The molecule has 3 rings (SSSR count). The van der Waals surface area contributed by atoms with E-state index in [1.165, 1.54) is 16.8 Å². The van der Waals surface area contributed by atoms with Crippen LogP contribution in [0.2, 0.25) is 0 Å². The summed E-state index contributed by atoms with van der Waals surface area (Å²) in [5.41, 5.74) is 0.995. The lowest BCUT2D eigenvalue weighted by Crippen LogP contribution is -2.07. The highest BCUT2D eigenvalue weighted by Gasteiger charge is 2.27. The van der Waals surface area contributed by atoms with E-state index in [1.54, 1.807) is 0 Å². The summed E-state index contributed by atoms with van der Waals surface area (Å²) >= 11 is 0. The SMILES string of the molecule is N#Cc1c(C2CCCO2)nn2c(C(=O)O)ccnc12. The van der Waals surface area contributed by atoms with Gasteiger partial charge in [0.1, 0.15) is 23.4 Å². The largest absolute Gasteiger partial charge is 0.477 e. The van der Waals surface area contributed by atoms with Gasteiger partial charge in [-0.1, -0.05) is 0 Å². The molecule has 0 radical (unpaired) electrons. The Kier molecular flexibility index (Phi) is 2.65. The van der Waals surface area contributed by atoms with Crippen LogP contribution in [-0.2, 0) is 4.74 Å². The highest BCUT2D eigenvalue weighted by atomic mass is 16.5. The van der Waals surface area contributed by atoms with E-state index in [4.69, 9.17) is 9.84 Å². The van der Waals surface area contributed by atoms with E-state index in [-0.39, 0.29) is 23.0 Å². The molecule has 0 aromatic carbocycles. The lowest BCUT2D eigenvalue weighted by Gasteiger charge is -2.04. The molecule has 1 atom stereocenters. The van der Waals surface area contributed by atoms with Gasteiger partial charge >= 0.3 is 5.97 Å². The minimum atomic E-state index is -1.11. The summed E-state index contributed by atoms with van der Waals surface area (Å²) in [6, 6.07) is 3.39. The fourth-order valence-corrected chi connectivity index (χ4v) is 2.25. The van der Waals surface area contributed by atoms with E-state index in [1.807, 2.05) is 6.07 Å². The minimum absolute atomic E-state index is 0.0225. The number of carboxylic acid groups (broad SMARTS) is 1. The Balaban J connectivity index is 2.26. The third-order valence-corrected chi connectivity index (χ3v) is 3.11. The van der Waals surface area contributed by atoms with E-state index in [0.717, 1.165) is 12.8 Å². The molecule has 0 bridgehead atoms. The van der Waals surface area contributed by atoms with Gasteiger partial charge in [0, 0.05) is 12.8 Å². The third kappa shape index (κ3) is 1.73. The summed E-state index contributed by atoms with van der Waals surface area (Å²) in [6.07, 6.45) is 2.79. The molecule has 0 amide bonds. The van der Waals surface area contributed by atoms with E-state index in [2.05, 4.69) is 10.1 Å². The molecule has 1 aliphatic rings. The van der Waals surface area contributed by atoms with Crippen molar-refractivity contribution in [3.63, 3.8) is 0 Å². The number of nitrogens with zero attached hydrogens (tertiary/aromatic N) is 4. The number of carboxylic acids is 1. The quantitative estimate of drug-likeness (QED) is 0.867. The first-order valence-electron chi connectivity index (χ1n) is 5.85. The zero-order valence-corrected chi connectivity index (χ0v) is 9.91. The molecule has 3 heterocycles. The number of aromatic carboxylic acids is 1. The fraction of sp³-hybridized carbons (Fsp3) is 0.333. The average Bonchev–Trinajstić information content (AvgIpc) is 3.04. The van der Waals surface area contributed by atoms with E-state index >= 15 is 0 Å². The molecule has 0 aliphatic carbocycles. The van der Waals surface area contributed by atoms with Gasteiger partial charge in [-0.2, -0.15) is 10.4 Å². The van der Waals surface area contributed by atoms with Crippen molar-refractivity contribution in [2.45, 2.75) is 18.9 Å². The van der Waals surface area contributed by atoms with Gasteiger partial charge in [-0.05, 0) is 18.9 Å². The maximum atomic E-state index is 11.1. The fourth-order valence-electron chi connectivity index (χ4n) is 2.25. The second kappa shape index (κ2) is 4.33. The molecule has 7 nitrogen and oxygen atoms in total. The van der Waals surface area contributed by atoms with Crippen LogP contribution < -0.4 is 0 Å². The first kappa shape index (κ1) is 11.6. The molecule has 1 N–H and O–H groups in total. The van der Waals surface area contributed by atoms with Crippen LogP contribution in [-0.4, -0.2) is 32.3 Å². The van der Waals surface area contributed by atoms with Crippen molar-refractivity contribution in [2.75, 3.05) is 6.61 Å². The van der Waals surface area contributed by atoms with Crippen LogP contribution >= 0.6 is 0 Å². The molecule has 0 spiro atoms. The maximum absolute atomic E-state index is 11.1. The topological polar surface area (TPSA) is 101 Å². The van der Waals surface area contributed by atoms with Gasteiger partial charge in [0.25, 0.3) is 0 Å². The highest BCUT2D eigenvalue weighted by Crippen LogP contribution is 2.31. The number of rotatable bonds is 2. The molecule has 7 heteroatoms. The smallest absolute Gasteiger partial charge is 0.354 e. The lowest BCUT2D eigenvalue weighted by atomic mass is 10.1. The van der Waals surface area contributed by atoms with Gasteiger partial charge in [0.15, 0.2) is 11.3 Å². The van der Waals surface area contributed by atoms with Gasteiger partial charge in [-0.3, -0.25) is 0 Å². The molecule has 0 saturated carbocycles. The first-order valence-corrected chi connectivity index (χ1v) is 5.85. The van der Waals surface area contributed by atoms with Crippen LogP contribution in [0.15, 0.2) is 12.3 Å². The van der Waals surface area contributed by atoms with Crippen molar-refractivity contribution in [1.82, 2.24) is 14.6 Å². The van der Waals surface area contributed by atoms with Crippen LogP contribution in [0, 0.1) is 11.3 Å². The Morgan fingerprint density at radius 1 is 1.63 bits per heavy atom. The number of fused-ring (bicyclic) bond motifs is 1. The molecule has 1 aliphatic heterocycles. The Morgan fingerprint density at radius 2 is 2.47 bits per heavy atom. The van der Waals surface area contributed by atoms with Gasteiger partial charge in [-0.25, -0.2) is 14.3 Å². The Hall–Kier alpha value is -2.46. The molecule has 19 heavy (non-hydrogen) atoms. The molecule has 2 aromatic heterocycles. The molecular weight excluding hydrogens is 248 g/mol. The van der Waals surface area contributed by atoms with E-state index in [0.29, 0.717) is 12.3 Å². The summed E-state index contributed by atoms with van der Waals surface area (Å²) in [5, 5.41) is 22.6. The van der Waals surface area contributed by atoms with Crippen LogP contribution in [0.3, 0.4) is 0 Å². The van der Waals surface area contributed by atoms with Crippen LogP contribution in [0.4, 0.5) is 0 Å². The number of ether oxygens (including phenoxy) is 1.